The molecule has 0 saturated heterocycles. The van der Waals surface area contributed by atoms with Gasteiger partial charge in [-0.1, -0.05) is 0 Å². The molecular weight excluding hydrogens is 369 g/mol. The van der Waals surface area contributed by atoms with Gasteiger partial charge in [-0.05, 0) is 18.2 Å². The molecule has 12 heteroatoms. The lowest BCUT2D eigenvalue weighted by Crippen LogP contribution is -2.27. The van der Waals surface area contributed by atoms with Crippen LogP contribution in [0.3, 0.4) is 0 Å². The first kappa shape index (κ1) is 20.0. The Kier molecular flexibility index (Phi) is 5.88. The Morgan fingerprint density at radius 2 is 1.96 bits per heavy atom. The third kappa shape index (κ3) is 5.33. The Morgan fingerprint density at radius 1 is 1.26 bits per heavy atom. The fraction of sp³-hybridized carbons (Fsp3) is 0.333. The van der Waals surface area contributed by atoms with E-state index >= 15 is 0 Å². The van der Waals surface area contributed by atoms with E-state index in [0.717, 1.165) is 23.0 Å². The zero-order valence-corrected chi connectivity index (χ0v) is 14.7. The van der Waals surface area contributed by atoms with Crippen molar-refractivity contribution in [3.8, 4) is 5.75 Å². The molecule has 27 heavy (non-hydrogen) atoms. The van der Waals surface area contributed by atoms with E-state index in [1.807, 2.05) is 0 Å². The van der Waals surface area contributed by atoms with Crippen LogP contribution in [0.4, 0.5) is 29.5 Å². The third-order valence-corrected chi connectivity index (χ3v) is 3.26. The average molecular weight is 386 g/mol. The molecule has 9 nitrogen and oxygen atoms in total. The maximum Gasteiger partial charge on any atom is 0.416 e. The van der Waals surface area contributed by atoms with Crippen molar-refractivity contribution < 1.29 is 27.5 Å². The maximum atomic E-state index is 12.8. The summed E-state index contributed by atoms with van der Waals surface area (Å²) in [7, 11) is 4.35. The van der Waals surface area contributed by atoms with Crippen molar-refractivity contribution in [3.05, 3.63) is 30.0 Å². The number of aromatic nitrogens is 3. The number of amides is 3. The first-order valence-electron chi connectivity index (χ1n) is 7.53. The van der Waals surface area contributed by atoms with E-state index in [2.05, 4.69) is 20.8 Å². The molecule has 0 radical (unpaired) electrons. The van der Waals surface area contributed by atoms with Crippen molar-refractivity contribution in [2.24, 2.45) is 0 Å². The summed E-state index contributed by atoms with van der Waals surface area (Å²) < 4.78 is 43.5. The minimum Gasteiger partial charge on any atom is -0.495 e. The second kappa shape index (κ2) is 7.93. The van der Waals surface area contributed by atoms with Gasteiger partial charge in [-0.3, -0.25) is 10.1 Å². The molecule has 0 aliphatic carbocycles. The minimum atomic E-state index is -4.56. The monoisotopic (exact) mass is 386 g/mol. The molecule has 2 rings (SSSR count). The van der Waals surface area contributed by atoms with Crippen LogP contribution in [-0.2, 0) is 17.5 Å². The number of benzene rings is 1. The second-order valence-corrected chi connectivity index (χ2v) is 5.55. The molecule has 0 fully saturated rings. The van der Waals surface area contributed by atoms with E-state index in [4.69, 9.17) is 4.74 Å². The quantitative estimate of drug-likeness (QED) is 0.819. The van der Waals surface area contributed by atoms with Crippen molar-refractivity contribution in [2.45, 2.75) is 12.7 Å². The van der Waals surface area contributed by atoms with Crippen LogP contribution in [0.2, 0.25) is 0 Å². The molecule has 0 aliphatic rings. The van der Waals surface area contributed by atoms with Crippen molar-refractivity contribution in [1.29, 1.82) is 0 Å². The predicted octanol–water partition coefficient (Wildman–Crippen LogP) is 2.04. The first-order chi connectivity index (χ1) is 12.6. The number of alkyl halides is 3. The average Bonchev–Trinajstić information content (AvgIpc) is 3.00. The Labute approximate surface area is 152 Å². The summed E-state index contributed by atoms with van der Waals surface area (Å²) in [6.07, 6.45) is -3.33. The largest absolute Gasteiger partial charge is 0.495 e. The highest BCUT2D eigenvalue weighted by Gasteiger charge is 2.31. The number of ether oxygens (including phenoxy) is 1. The zero-order chi connectivity index (χ0) is 20.2. The summed E-state index contributed by atoms with van der Waals surface area (Å²) in [5, 5.41) is 12.5. The Bertz CT molecular complexity index is 834. The molecule has 1 aromatic heterocycles. The molecule has 0 unspecified atom stereocenters. The summed E-state index contributed by atoms with van der Waals surface area (Å²) in [6, 6.07) is 2.30. The van der Waals surface area contributed by atoms with E-state index in [1.165, 1.54) is 32.3 Å². The van der Waals surface area contributed by atoms with Gasteiger partial charge in [0, 0.05) is 14.1 Å². The van der Waals surface area contributed by atoms with Gasteiger partial charge in [0.25, 0.3) is 0 Å². The van der Waals surface area contributed by atoms with E-state index in [-0.39, 0.29) is 23.8 Å². The molecule has 1 heterocycles. The number of nitrogens with zero attached hydrogens (tertiary/aromatic N) is 4. The van der Waals surface area contributed by atoms with E-state index in [1.54, 1.807) is 0 Å². The number of nitrogens with one attached hydrogen (secondary N) is 2. The topological polar surface area (TPSA) is 101 Å². The maximum absolute atomic E-state index is 12.8. The van der Waals surface area contributed by atoms with Crippen LogP contribution in [0.5, 0.6) is 5.75 Å². The number of carbonyl (C=O) groups is 2. The second-order valence-electron chi connectivity index (χ2n) is 5.55. The van der Waals surface area contributed by atoms with Crippen molar-refractivity contribution >= 4 is 23.4 Å². The summed E-state index contributed by atoms with van der Waals surface area (Å²) in [4.78, 5) is 25.9. The lowest BCUT2D eigenvalue weighted by atomic mass is 10.1. The van der Waals surface area contributed by atoms with E-state index in [9.17, 15) is 22.8 Å². The third-order valence-electron chi connectivity index (χ3n) is 3.26. The molecule has 2 N–H and O–H groups in total. The summed E-state index contributed by atoms with van der Waals surface area (Å²) in [5.41, 5.74) is -1.06. The lowest BCUT2D eigenvalue weighted by Gasteiger charge is -2.13. The van der Waals surface area contributed by atoms with Gasteiger partial charge in [0.05, 0.1) is 24.6 Å². The van der Waals surface area contributed by atoms with Crippen molar-refractivity contribution in [1.82, 2.24) is 19.9 Å². The van der Waals surface area contributed by atoms with Gasteiger partial charge in [0.15, 0.2) is 5.82 Å². The Hall–Kier alpha value is -3.31. The van der Waals surface area contributed by atoms with E-state index in [0.29, 0.717) is 0 Å². The highest BCUT2D eigenvalue weighted by molar-refractivity contribution is 5.92. The van der Waals surface area contributed by atoms with Gasteiger partial charge in [-0.15, -0.1) is 5.10 Å². The number of urea groups is 1. The van der Waals surface area contributed by atoms with E-state index < -0.39 is 23.7 Å². The minimum absolute atomic E-state index is 0.0729. The Balaban J connectivity index is 2.08. The number of hydrogen-bond donors (Lipinski definition) is 2. The smallest absolute Gasteiger partial charge is 0.416 e. The van der Waals surface area contributed by atoms with Crippen LogP contribution in [0, 0.1) is 0 Å². The van der Waals surface area contributed by atoms with Gasteiger partial charge >= 0.3 is 12.2 Å². The van der Waals surface area contributed by atoms with Crippen molar-refractivity contribution in [3.63, 3.8) is 0 Å². The number of anilines is 2. The molecule has 0 aliphatic heterocycles. The number of methoxy groups -OCH3 is 1. The number of halogens is 3. The number of hydrogen-bond acceptors (Lipinski definition) is 5. The summed E-state index contributed by atoms with van der Waals surface area (Å²) >= 11 is 0. The highest BCUT2D eigenvalue weighted by Crippen LogP contribution is 2.34. The van der Waals surface area contributed by atoms with Gasteiger partial charge < -0.3 is 15.0 Å². The number of rotatable bonds is 5. The van der Waals surface area contributed by atoms with Gasteiger partial charge in [0.2, 0.25) is 5.91 Å². The standard InChI is InChI=1S/C15H17F3N6O3/c1-23(2)14(26)21-12-7-19-24(22-12)8-13(25)20-10-6-9(15(16,17)18)4-5-11(10)27-3/h4-7H,8H2,1-3H3,(H,20,25)(H,21,22,26). The predicted molar refractivity (Wildman–Crippen MR) is 89.4 cm³/mol. The van der Waals surface area contributed by atoms with Gasteiger partial charge in [0.1, 0.15) is 12.3 Å². The molecular formula is C15H17F3N6O3. The fourth-order valence-corrected chi connectivity index (χ4v) is 1.95. The Morgan fingerprint density at radius 3 is 2.56 bits per heavy atom. The fourth-order valence-electron chi connectivity index (χ4n) is 1.95. The lowest BCUT2D eigenvalue weighted by molar-refractivity contribution is -0.137. The summed E-state index contributed by atoms with van der Waals surface area (Å²) in [5.74, 6) is -0.476. The van der Waals surface area contributed by atoms with Gasteiger partial charge in [-0.2, -0.15) is 23.1 Å². The molecule has 3 amide bonds. The molecule has 0 bridgehead atoms. The molecule has 1 aromatic carbocycles. The SMILES string of the molecule is COc1ccc(C(F)(F)F)cc1NC(=O)Cn1ncc(NC(=O)N(C)C)n1. The summed E-state index contributed by atoms with van der Waals surface area (Å²) in [6.45, 7) is -0.378. The highest BCUT2D eigenvalue weighted by atomic mass is 19.4. The van der Waals surface area contributed by atoms with Crippen LogP contribution in [-0.4, -0.2) is 53.0 Å². The molecule has 0 spiro atoms. The zero-order valence-electron chi connectivity index (χ0n) is 14.7. The van der Waals surface area contributed by atoms with Crippen LogP contribution >= 0.6 is 0 Å². The molecule has 0 saturated carbocycles. The normalized spacial score (nSPS) is 11.0. The first-order valence-corrected chi connectivity index (χ1v) is 7.53. The van der Waals surface area contributed by atoms with Crippen LogP contribution in [0.25, 0.3) is 0 Å². The van der Waals surface area contributed by atoms with Gasteiger partial charge in [-0.25, -0.2) is 4.79 Å². The van der Waals surface area contributed by atoms with Crippen LogP contribution < -0.4 is 15.4 Å². The van der Waals surface area contributed by atoms with Crippen LogP contribution in [0.15, 0.2) is 24.4 Å². The number of carbonyl (C=O) groups excluding carboxylic acids is 2. The van der Waals surface area contributed by atoms with Crippen LogP contribution in [0.1, 0.15) is 5.56 Å². The molecule has 0 atom stereocenters. The molecule has 2 aromatic rings. The van der Waals surface area contributed by atoms with Crippen molar-refractivity contribution in [2.75, 3.05) is 31.8 Å². The molecule has 146 valence electrons.